The number of halogens is 2. The van der Waals surface area contributed by atoms with Gasteiger partial charge in [-0.05, 0) is 25.1 Å². The molecule has 1 rings (SSSR count). The lowest BCUT2D eigenvalue weighted by Gasteiger charge is -2.11. The van der Waals surface area contributed by atoms with Gasteiger partial charge in [0.05, 0.1) is 5.02 Å². The average molecular weight is 280 g/mol. The Balaban J connectivity index is 2.85. The monoisotopic (exact) mass is 278 g/mol. The Morgan fingerprint density at radius 1 is 1.64 bits per heavy atom. The van der Waals surface area contributed by atoms with Gasteiger partial charge in [-0.3, -0.25) is 0 Å². The summed E-state index contributed by atoms with van der Waals surface area (Å²) in [6.07, 6.45) is -0.915. The van der Waals surface area contributed by atoms with Gasteiger partial charge >= 0.3 is 5.97 Å². The van der Waals surface area contributed by atoms with E-state index in [0.29, 0.717) is 10.8 Å². The van der Waals surface area contributed by atoms with Gasteiger partial charge in [-0.25, -0.2) is 4.79 Å². The van der Waals surface area contributed by atoms with Crippen LogP contribution < -0.4 is 4.74 Å². The quantitative estimate of drug-likeness (QED) is 0.925. The third kappa shape index (κ3) is 2.89. The SMILES string of the molecule is CC(Oc1cc(Br)ccc1Cl)C(=O)O. The minimum absolute atomic E-state index is 0.357. The molecule has 0 spiro atoms. The molecule has 0 aliphatic rings. The van der Waals surface area contributed by atoms with Gasteiger partial charge in [-0.15, -0.1) is 0 Å². The number of benzene rings is 1. The molecular weight excluding hydrogens is 271 g/mol. The maximum absolute atomic E-state index is 10.5. The number of carboxylic acids is 1. The van der Waals surface area contributed by atoms with Crippen LogP contribution >= 0.6 is 27.5 Å². The van der Waals surface area contributed by atoms with Gasteiger partial charge < -0.3 is 9.84 Å². The molecule has 1 unspecified atom stereocenters. The summed E-state index contributed by atoms with van der Waals surface area (Å²) in [5.74, 6) is -0.669. The van der Waals surface area contributed by atoms with Crippen molar-refractivity contribution in [3.05, 3.63) is 27.7 Å². The Bertz CT molecular complexity index is 354. The highest BCUT2D eigenvalue weighted by atomic mass is 79.9. The second kappa shape index (κ2) is 4.66. The Morgan fingerprint density at radius 3 is 2.86 bits per heavy atom. The standard InChI is InChI=1S/C9H8BrClO3/c1-5(9(12)13)14-8-4-6(10)2-3-7(8)11/h2-5H,1H3,(H,12,13). The van der Waals surface area contributed by atoms with Gasteiger partial charge in [0.15, 0.2) is 6.10 Å². The van der Waals surface area contributed by atoms with E-state index in [0.717, 1.165) is 4.47 Å². The number of carbonyl (C=O) groups is 1. The zero-order chi connectivity index (χ0) is 10.7. The zero-order valence-electron chi connectivity index (χ0n) is 7.33. The lowest BCUT2D eigenvalue weighted by atomic mass is 10.3. The van der Waals surface area contributed by atoms with Crippen molar-refractivity contribution in [3.63, 3.8) is 0 Å². The molecule has 1 aromatic carbocycles. The van der Waals surface area contributed by atoms with Crippen molar-refractivity contribution in [2.45, 2.75) is 13.0 Å². The predicted octanol–water partition coefficient (Wildman–Crippen LogP) is 2.95. The first-order chi connectivity index (χ1) is 6.50. The van der Waals surface area contributed by atoms with E-state index in [9.17, 15) is 4.79 Å². The van der Waals surface area contributed by atoms with Crippen LogP contribution in [0.15, 0.2) is 22.7 Å². The molecule has 0 aromatic heterocycles. The molecule has 76 valence electrons. The lowest BCUT2D eigenvalue weighted by Crippen LogP contribution is -2.22. The summed E-state index contributed by atoms with van der Waals surface area (Å²) in [7, 11) is 0. The van der Waals surface area contributed by atoms with Crippen molar-refractivity contribution in [1.82, 2.24) is 0 Å². The Hall–Kier alpha value is -0.740. The van der Waals surface area contributed by atoms with Gasteiger partial charge in [0, 0.05) is 4.47 Å². The fourth-order valence-corrected chi connectivity index (χ4v) is 1.31. The minimum Gasteiger partial charge on any atom is -0.479 e. The Morgan fingerprint density at radius 2 is 2.29 bits per heavy atom. The zero-order valence-corrected chi connectivity index (χ0v) is 9.67. The van der Waals surface area contributed by atoms with E-state index < -0.39 is 12.1 Å². The first-order valence-corrected chi connectivity index (χ1v) is 5.02. The molecule has 1 atom stereocenters. The minimum atomic E-state index is -1.03. The molecule has 0 heterocycles. The van der Waals surface area contributed by atoms with Crippen molar-refractivity contribution in [2.75, 3.05) is 0 Å². The van der Waals surface area contributed by atoms with Crippen molar-refractivity contribution < 1.29 is 14.6 Å². The first kappa shape index (κ1) is 11.3. The highest BCUT2D eigenvalue weighted by Gasteiger charge is 2.14. The molecule has 0 aliphatic heterocycles. The maximum atomic E-state index is 10.5. The summed E-state index contributed by atoms with van der Waals surface area (Å²) in [6.45, 7) is 1.44. The molecule has 1 N–H and O–H groups in total. The highest BCUT2D eigenvalue weighted by Crippen LogP contribution is 2.28. The predicted molar refractivity (Wildman–Crippen MR) is 56.9 cm³/mol. The van der Waals surface area contributed by atoms with Crippen LogP contribution in [0.1, 0.15) is 6.92 Å². The van der Waals surface area contributed by atoms with Crippen molar-refractivity contribution >= 4 is 33.5 Å². The van der Waals surface area contributed by atoms with Gasteiger partial charge in [-0.2, -0.15) is 0 Å². The van der Waals surface area contributed by atoms with E-state index in [2.05, 4.69) is 15.9 Å². The van der Waals surface area contributed by atoms with Crippen LogP contribution in [0, 0.1) is 0 Å². The fourth-order valence-electron chi connectivity index (χ4n) is 0.808. The summed E-state index contributed by atoms with van der Waals surface area (Å²) < 4.78 is 5.91. The Labute approximate surface area is 94.8 Å². The van der Waals surface area contributed by atoms with Gasteiger partial charge in [0.25, 0.3) is 0 Å². The number of rotatable bonds is 3. The van der Waals surface area contributed by atoms with Crippen LogP contribution in [0.5, 0.6) is 5.75 Å². The third-order valence-electron chi connectivity index (χ3n) is 1.54. The molecule has 0 bridgehead atoms. The van der Waals surface area contributed by atoms with Crippen molar-refractivity contribution in [1.29, 1.82) is 0 Å². The first-order valence-electron chi connectivity index (χ1n) is 3.85. The van der Waals surface area contributed by atoms with Gasteiger partial charge in [0.2, 0.25) is 0 Å². The number of aliphatic carboxylic acids is 1. The van der Waals surface area contributed by atoms with Crippen molar-refractivity contribution in [2.24, 2.45) is 0 Å². The summed E-state index contributed by atoms with van der Waals surface area (Å²) in [5.41, 5.74) is 0. The molecule has 0 fully saturated rings. The summed E-state index contributed by atoms with van der Waals surface area (Å²) >= 11 is 9.04. The fraction of sp³-hybridized carbons (Fsp3) is 0.222. The van der Waals surface area contributed by atoms with Crippen LogP contribution in [-0.4, -0.2) is 17.2 Å². The maximum Gasteiger partial charge on any atom is 0.344 e. The van der Waals surface area contributed by atoms with E-state index in [-0.39, 0.29) is 0 Å². The van der Waals surface area contributed by atoms with E-state index in [1.54, 1.807) is 18.2 Å². The summed E-state index contributed by atoms with van der Waals surface area (Å²) in [5, 5.41) is 9.01. The van der Waals surface area contributed by atoms with Crippen LogP contribution in [0.3, 0.4) is 0 Å². The second-order valence-corrected chi connectivity index (χ2v) is 4.00. The van der Waals surface area contributed by atoms with Gasteiger partial charge in [-0.1, -0.05) is 27.5 Å². The van der Waals surface area contributed by atoms with E-state index in [4.69, 9.17) is 21.4 Å². The molecule has 1 aromatic rings. The average Bonchev–Trinajstić information content (AvgIpc) is 2.11. The van der Waals surface area contributed by atoms with E-state index >= 15 is 0 Å². The molecular formula is C9H8BrClO3. The van der Waals surface area contributed by atoms with Crippen LogP contribution in [0.2, 0.25) is 5.02 Å². The molecule has 0 amide bonds. The highest BCUT2D eigenvalue weighted by molar-refractivity contribution is 9.10. The third-order valence-corrected chi connectivity index (χ3v) is 2.35. The van der Waals surface area contributed by atoms with Crippen LogP contribution in [-0.2, 0) is 4.79 Å². The van der Waals surface area contributed by atoms with Crippen LogP contribution in [0.25, 0.3) is 0 Å². The summed E-state index contributed by atoms with van der Waals surface area (Å²) in [4.78, 5) is 10.5. The van der Waals surface area contributed by atoms with E-state index in [1.807, 2.05) is 0 Å². The molecule has 0 saturated carbocycles. The normalized spacial score (nSPS) is 12.2. The largest absolute Gasteiger partial charge is 0.479 e. The molecule has 0 saturated heterocycles. The molecule has 3 nitrogen and oxygen atoms in total. The Kier molecular flexibility index (Phi) is 3.77. The second-order valence-electron chi connectivity index (χ2n) is 2.67. The van der Waals surface area contributed by atoms with Crippen LogP contribution in [0.4, 0.5) is 0 Å². The van der Waals surface area contributed by atoms with Gasteiger partial charge in [0.1, 0.15) is 5.75 Å². The lowest BCUT2D eigenvalue weighted by molar-refractivity contribution is -0.144. The molecule has 0 aliphatic carbocycles. The van der Waals surface area contributed by atoms with Crippen molar-refractivity contribution in [3.8, 4) is 5.75 Å². The topological polar surface area (TPSA) is 46.5 Å². The smallest absolute Gasteiger partial charge is 0.344 e. The molecule has 5 heteroatoms. The number of ether oxygens (including phenoxy) is 1. The molecule has 0 radical (unpaired) electrons. The number of hydrogen-bond acceptors (Lipinski definition) is 2. The molecule has 14 heavy (non-hydrogen) atoms. The summed E-state index contributed by atoms with van der Waals surface area (Å²) in [6, 6.07) is 5.01. The van der Waals surface area contributed by atoms with E-state index in [1.165, 1.54) is 6.92 Å². The number of hydrogen-bond donors (Lipinski definition) is 1. The number of carboxylic acid groups (broad SMARTS) is 1.